The number of carbonyl (C=O) groups excluding carboxylic acids is 2. The molecule has 0 amide bonds. The molecule has 1 radical (unpaired) electrons. The Morgan fingerprint density at radius 1 is 0.515 bits per heavy atom. The molecule has 0 saturated heterocycles. The Bertz CT molecular complexity index is 1850. The van der Waals surface area contributed by atoms with E-state index in [1.54, 1.807) is 87.1 Å². The van der Waals surface area contributed by atoms with Crippen LogP contribution in [0.15, 0.2) is 111 Å². The number of carbonyl (C=O) groups is 2. The van der Waals surface area contributed by atoms with E-state index < -0.39 is 65.4 Å². The van der Waals surface area contributed by atoms with Crippen LogP contribution in [0.4, 0.5) is 52.7 Å². The first-order valence-corrected chi connectivity index (χ1v) is 17.5. The van der Waals surface area contributed by atoms with E-state index in [4.69, 9.17) is 10.2 Å². The average molecular weight is 1160 g/mol. The summed E-state index contributed by atoms with van der Waals surface area (Å²) in [5.74, 6) is -11.6. The van der Waals surface area contributed by atoms with Crippen LogP contribution >= 0.6 is 0 Å². The maximum absolute atomic E-state index is 11.9. The molecular weight excluding hydrogens is 1120 g/mol. The molecule has 0 heterocycles. The fraction of sp³-hybridized carbons (Fsp3) is 0.325. The Morgan fingerprint density at radius 3 is 0.909 bits per heavy atom. The van der Waals surface area contributed by atoms with Crippen molar-refractivity contribution in [3.05, 3.63) is 113 Å². The van der Waals surface area contributed by atoms with Crippen molar-refractivity contribution in [3.8, 4) is 17.2 Å². The van der Waals surface area contributed by atoms with Crippen molar-refractivity contribution in [1.29, 1.82) is 0 Å². The van der Waals surface area contributed by atoms with Gasteiger partial charge in [-0.1, -0.05) is 79.7 Å². The molecule has 0 spiro atoms. The Labute approximate surface area is 414 Å². The number of aliphatic imine (C=N–C) groups is 3. The minimum Gasteiger partial charge on any atom is -0.872 e. The molecule has 12 nitrogen and oxygen atoms in total. The van der Waals surface area contributed by atoms with Gasteiger partial charge in [-0.15, -0.1) is 17.2 Å². The Morgan fingerprint density at radius 2 is 0.727 bits per heavy atom. The number of nitrogens with zero attached hydrogens (tertiary/aromatic N) is 3. The molecule has 3 aromatic rings. The Balaban J connectivity index is -0.000000470. The van der Waals surface area contributed by atoms with Crippen LogP contribution in [0.1, 0.15) is 37.5 Å². The average Bonchev–Trinajstić information content (AvgIpc) is 3.17. The molecule has 66 heavy (non-hydrogen) atoms. The number of hydrogen-bond acceptors (Lipinski definition) is 12. The molecular formula is C40H38F12GdN3O9Zn. The van der Waals surface area contributed by atoms with Gasteiger partial charge in [0, 0.05) is 56.9 Å². The van der Waals surface area contributed by atoms with Crippen LogP contribution in [-0.2, 0) is 29.1 Å². The first-order valence-electron chi connectivity index (χ1n) is 17.5. The van der Waals surface area contributed by atoms with Crippen molar-refractivity contribution in [2.75, 3.05) is 32.8 Å². The molecule has 0 aliphatic heterocycles. The molecule has 0 bridgehead atoms. The van der Waals surface area contributed by atoms with E-state index in [9.17, 15) is 87.8 Å². The molecule has 361 valence electrons. The van der Waals surface area contributed by atoms with E-state index in [-0.39, 0.29) is 89.9 Å². The van der Waals surface area contributed by atoms with Gasteiger partial charge >= 0.3 is 84.1 Å². The third-order valence-electron chi connectivity index (χ3n) is 6.51. The molecule has 0 saturated carbocycles. The third-order valence-corrected chi connectivity index (χ3v) is 6.51. The molecule has 26 heteroatoms. The fourth-order valence-electron chi connectivity index (χ4n) is 3.57. The maximum atomic E-state index is 11.9. The van der Waals surface area contributed by atoms with Gasteiger partial charge in [0.1, 0.15) is 0 Å². The van der Waals surface area contributed by atoms with Crippen LogP contribution in [0.3, 0.4) is 0 Å². The zero-order chi connectivity index (χ0) is 50.0. The smallest absolute Gasteiger partial charge is 0.872 e. The van der Waals surface area contributed by atoms with Crippen LogP contribution < -0.4 is 25.5 Å². The summed E-state index contributed by atoms with van der Waals surface area (Å²) in [6.45, 7) is 6.95. The number of allylic oxidation sites excluding steroid dienone is 4. The molecule has 0 fully saturated rings. The van der Waals surface area contributed by atoms with Gasteiger partial charge in [-0.25, -0.2) is 0 Å². The zero-order valence-corrected chi connectivity index (χ0v) is 39.8. The van der Waals surface area contributed by atoms with Crippen LogP contribution in [0.25, 0.3) is 0 Å². The number of alkyl halides is 12. The summed E-state index contributed by atoms with van der Waals surface area (Å²) in [5.41, 5.74) is 1.07. The number of aliphatic hydroxyl groups excluding tert-OH is 2. The normalized spacial score (nSPS) is 12.9. The molecule has 0 aromatic heterocycles. The Hall–Kier alpha value is -4.48. The molecule has 0 unspecified atom stereocenters. The van der Waals surface area contributed by atoms with Crippen molar-refractivity contribution in [2.24, 2.45) is 20.4 Å². The van der Waals surface area contributed by atoms with Crippen molar-refractivity contribution in [3.63, 3.8) is 0 Å². The molecule has 3 rings (SSSR count). The van der Waals surface area contributed by atoms with Gasteiger partial charge in [-0.3, -0.25) is 24.6 Å². The van der Waals surface area contributed by atoms with E-state index in [1.807, 2.05) is 6.92 Å². The van der Waals surface area contributed by atoms with Crippen LogP contribution in [0, 0.1) is 45.4 Å². The zero-order valence-electron chi connectivity index (χ0n) is 34.5. The summed E-state index contributed by atoms with van der Waals surface area (Å²) < 4.78 is 136. The van der Waals surface area contributed by atoms with Gasteiger partial charge in [0.2, 0.25) is 0 Å². The number of para-hydroxylation sites is 3. The van der Waals surface area contributed by atoms with Crippen molar-refractivity contribution < 1.29 is 157 Å². The fourth-order valence-corrected chi connectivity index (χ4v) is 3.57. The van der Waals surface area contributed by atoms with Gasteiger partial charge in [0.05, 0.1) is 0 Å². The van der Waals surface area contributed by atoms with Gasteiger partial charge in [-0.05, 0) is 54.2 Å². The van der Waals surface area contributed by atoms with E-state index >= 15 is 0 Å². The van der Waals surface area contributed by atoms with Crippen LogP contribution in [-0.4, -0.2) is 98.0 Å². The van der Waals surface area contributed by atoms with Gasteiger partial charge in [0.15, 0.2) is 0 Å². The maximum Gasteiger partial charge on any atom is 3.00 e. The number of benzene rings is 3. The van der Waals surface area contributed by atoms with E-state index in [0.717, 1.165) is 0 Å². The Kier molecular flexibility index (Phi) is 34.1. The standard InChI is InChI=1S/C26H27N3O3.2C5H2F6O2.2C2H6O.Gd.Zn/c1-26(17-27-14-20-8-2-5-11-23(20)30,18-28-15-21-9-3-6-12-24(21)31)19-29-16-22-10-4-7-13-25(22)32;2*6-4(7,8)2(12)1-3(13)5(9,10)11;2*1-2-3;;/h2-16,30-32H,17-19H2,1H3;2*1,12H;2*3H,2H2,1H3;;/q;;;;;+3;+2/p-5/b;2*2-1-;;;;. The van der Waals surface area contributed by atoms with E-state index in [1.165, 1.54) is 18.2 Å². The summed E-state index contributed by atoms with van der Waals surface area (Å²) in [6.07, 6.45) is -19.2. The summed E-state index contributed by atoms with van der Waals surface area (Å²) in [5, 5.41) is 70.5. The van der Waals surface area contributed by atoms with Crippen molar-refractivity contribution in [2.45, 2.75) is 45.5 Å². The topological polar surface area (TPSA) is 227 Å². The molecule has 0 aliphatic carbocycles. The molecule has 3 aromatic carbocycles. The third kappa shape index (κ3) is 30.7. The van der Waals surface area contributed by atoms with Gasteiger partial charge < -0.3 is 35.7 Å². The minimum atomic E-state index is -5.46. The second-order valence-corrected chi connectivity index (χ2v) is 12.2. The molecule has 0 aliphatic rings. The summed E-state index contributed by atoms with van der Waals surface area (Å²) >= 11 is 0. The van der Waals surface area contributed by atoms with Crippen molar-refractivity contribution >= 4 is 30.2 Å². The minimum absolute atomic E-state index is 0. The number of ketones is 2. The number of hydrogen-bond donors (Lipinski definition) is 2. The number of halogens is 12. The largest absolute Gasteiger partial charge is 3.00 e. The summed E-state index contributed by atoms with van der Waals surface area (Å²) in [7, 11) is 0. The summed E-state index contributed by atoms with van der Waals surface area (Å²) in [6, 6.07) is 20.1. The van der Waals surface area contributed by atoms with Gasteiger partial charge in [0.25, 0.3) is 11.6 Å². The van der Waals surface area contributed by atoms with E-state index in [0.29, 0.717) is 36.3 Å². The number of aliphatic hydroxyl groups is 2. The second kappa shape index (κ2) is 33.1. The molecule has 2 N–H and O–H groups in total. The van der Waals surface area contributed by atoms with E-state index in [2.05, 4.69) is 15.0 Å². The second-order valence-electron chi connectivity index (χ2n) is 12.2. The monoisotopic (exact) mass is 1150 g/mol. The first kappa shape index (κ1) is 68.1. The number of rotatable bonds is 11. The van der Waals surface area contributed by atoms with Crippen molar-refractivity contribution in [1.82, 2.24) is 0 Å². The van der Waals surface area contributed by atoms with Crippen LogP contribution in [0.5, 0.6) is 17.2 Å². The predicted molar refractivity (Wildman–Crippen MR) is 199 cm³/mol. The first-order chi connectivity index (χ1) is 29.4. The SMILES string of the molecule is CC(CN=Cc1ccccc1[O-])(CN=Cc1ccccc1[O-])CN=Cc1ccccc1[O-].CCO.CCO.O=C(/C=C(\[O-])C(F)(F)F)C(F)(F)F.O=C(/C=C(\[O-])C(F)(F)F)C(F)(F)F.[Gd+3].[Zn+2]. The quantitative estimate of drug-likeness (QED) is 0.0910. The van der Waals surface area contributed by atoms with Crippen LogP contribution in [0.2, 0.25) is 0 Å². The summed E-state index contributed by atoms with van der Waals surface area (Å²) in [4.78, 5) is 33.0. The van der Waals surface area contributed by atoms with Gasteiger partial charge in [-0.2, -0.15) is 52.7 Å². The molecule has 0 atom stereocenters. The predicted octanol–water partition coefficient (Wildman–Crippen LogP) is 4.41.